The maximum Gasteiger partial charge on any atom is 0.240 e. The van der Waals surface area contributed by atoms with Crippen molar-refractivity contribution >= 4 is 20.0 Å². The van der Waals surface area contributed by atoms with E-state index in [9.17, 15) is 16.8 Å². The first-order valence-electron chi connectivity index (χ1n) is 7.28. The molecule has 6 nitrogen and oxygen atoms in total. The minimum atomic E-state index is -3.62. The fourth-order valence-electron chi connectivity index (χ4n) is 1.79. The molecule has 0 aromatic heterocycles. The Labute approximate surface area is 133 Å². The molecule has 0 saturated heterocycles. The Hall–Kier alpha value is -0.960. The van der Waals surface area contributed by atoms with Crippen LogP contribution in [0.3, 0.4) is 0 Å². The molecule has 0 aliphatic heterocycles. The van der Waals surface area contributed by atoms with Crippen molar-refractivity contribution in [3.8, 4) is 0 Å². The van der Waals surface area contributed by atoms with Crippen molar-refractivity contribution in [2.75, 3.05) is 18.8 Å². The topological polar surface area (TPSA) is 92.3 Å². The van der Waals surface area contributed by atoms with E-state index in [-0.39, 0.29) is 23.7 Å². The molecule has 126 valence electrons. The van der Waals surface area contributed by atoms with Crippen LogP contribution in [0.5, 0.6) is 0 Å². The highest BCUT2D eigenvalue weighted by molar-refractivity contribution is 7.89. The zero-order chi connectivity index (χ0) is 16.8. The van der Waals surface area contributed by atoms with E-state index in [1.165, 1.54) is 6.92 Å². The van der Waals surface area contributed by atoms with Crippen molar-refractivity contribution in [2.24, 2.45) is 0 Å². The van der Waals surface area contributed by atoms with Gasteiger partial charge in [0, 0.05) is 13.1 Å². The van der Waals surface area contributed by atoms with Crippen molar-refractivity contribution < 1.29 is 16.8 Å². The molecule has 0 unspecified atom stereocenters. The second-order valence-corrected chi connectivity index (χ2v) is 8.94. The lowest BCUT2D eigenvalue weighted by molar-refractivity contribution is 0.571. The zero-order valence-corrected chi connectivity index (χ0v) is 14.8. The van der Waals surface area contributed by atoms with Crippen molar-refractivity contribution in [3.05, 3.63) is 29.8 Å². The highest BCUT2D eigenvalue weighted by Gasteiger charge is 2.14. The molecule has 0 spiro atoms. The molecule has 1 rings (SSSR count). The lowest BCUT2D eigenvalue weighted by Gasteiger charge is -2.11. The van der Waals surface area contributed by atoms with Gasteiger partial charge in [-0.15, -0.1) is 0 Å². The number of nitrogens with one attached hydrogen (secondary N) is 2. The molecule has 0 aliphatic rings. The molecule has 0 heterocycles. The van der Waals surface area contributed by atoms with Gasteiger partial charge in [-0.05, 0) is 37.0 Å². The highest BCUT2D eigenvalue weighted by atomic mass is 32.2. The molecule has 0 amide bonds. The third-order valence-electron chi connectivity index (χ3n) is 3.49. The summed E-state index contributed by atoms with van der Waals surface area (Å²) < 4.78 is 51.3. The number of hydrogen-bond donors (Lipinski definition) is 2. The molecular weight excluding hydrogens is 324 g/mol. The third-order valence-corrected chi connectivity index (χ3v) is 6.37. The van der Waals surface area contributed by atoms with Gasteiger partial charge in [-0.1, -0.05) is 26.0 Å². The maximum atomic E-state index is 12.1. The predicted octanol–water partition coefficient (Wildman–Crippen LogP) is 1.42. The first-order chi connectivity index (χ1) is 10.2. The monoisotopic (exact) mass is 348 g/mol. The molecular formula is C14H24N2O4S2. The molecule has 1 aromatic carbocycles. The van der Waals surface area contributed by atoms with Crippen molar-refractivity contribution in [2.45, 2.75) is 38.0 Å². The molecule has 1 atom stereocenters. The van der Waals surface area contributed by atoms with Crippen molar-refractivity contribution in [1.29, 1.82) is 0 Å². The van der Waals surface area contributed by atoms with Crippen LogP contribution in [0.25, 0.3) is 0 Å². The van der Waals surface area contributed by atoms with Crippen LogP contribution >= 0.6 is 0 Å². The Balaban J connectivity index is 2.63. The summed E-state index contributed by atoms with van der Waals surface area (Å²) in [6.07, 6.45) is 0.988. The van der Waals surface area contributed by atoms with E-state index in [4.69, 9.17) is 0 Å². The Kier molecular flexibility index (Phi) is 6.98. The lowest BCUT2D eigenvalue weighted by Crippen LogP contribution is -2.35. The molecule has 0 fully saturated rings. The Morgan fingerprint density at radius 2 is 1.50 bits per heavy atom. The summed E-state index contributed by atoms with van der Waals surface area (Å²) in [6, 6.07) is 6.76. The van der Waals surface area contributed by atoms with Gasteiger partial charge in [0.2, 0.25) is 20.0 Å². The lowest BCUT2D eigenvalue weighted by atomic mass is 9.99. The van der Waals surface area contributed by atoms with Crippen molar-refractivity contribution in [1.82, 2.24) is 9.44 Å². The van der Waals surface area contributed by atoms with E-state index in [1.807, 2.05) is 12.1 Å². The van der Waals surface area contributed by atoms with Crippen LogP contribution < -0.4 is 9.44 Å². The van der Waals surface area contributed by atoms with Crippen LogP contribution in [0.4, 0.5) is 0 Å². The van der Waals surface area contributed by atoms with Crippen molar-refractivity contribution in [3.63, 3.8) is 0 Å². The standard InChI is InChI=1S/C14H24N2O4S2/c1-4-12(3)13-6-8-14(9-7-13)22(19,20)16-11-10-15-21(17,18)5-2/h6-9,12,15-16H,4-5,10-11H2,1-3H3/t12-/m0/s1. The fraction of sp³-hybridized carbons (Fsp3) is 0.571. The Bertz CT molecular complexity index is 667. The molecule has 8 heteroatoms. The number of benzene rings is 1. The van der Waals surface area contributed by atoms with Crippen LogP contribution in [0.1, 0.15) is 38.7 Å². The van der Waals surface area contributed by atoms with Crippen LogP contribution in [-0.4, -0.2) is 35.7 Å². The molecule has 22 heavy (non-hydrogen) atoms. The molecule has 2 N–H and O–H groups in total. The van der Waals surface area contributed by atoms with E-state index >= 15 is 0 Å². The zero-order valence-electron chi connectivity index (χ0n) is 13.2. The van der Waals surface area contributed by atoms with Crippen LogP contribution in [0.15, 0.2) is 29.2 Å². The second kappa shape index (κ2) is 8.05. The first kappa shape index (κ1) is 19.1. The van der Waals surface area contributed by atoms with E-state index in [0.717, 1.165) is 12.0 Å². The van der Waals surface area contributed by atoms with Gasteiger partial charge in [-0.3, -0.25) is 0 Å². The minimum Gasteiger partial charge on any atom is -0.214 e. The van der Waals surface area contributed by atoms with Gasteiger partial charge in [0.1, 0.15) is 0 Å². The smallest absolute Gasteiger partial charge is 0.214 e. The molecule has 0 radical (unpaired) electrons. The molecule has 0 saturated carbocycles. The van der Waals surface area contributed by atoms with Gasteiger partial charge in [0.15, 0.2) is 0 Å². The summed E-state index contributed by atoms with van der Waals surface area (Å²) in [6.45, 7) is 5.72. The van der Waals surface area contributed by atoms with E-state index in [1.54, 1.807) is 12.1 Å². The highest BCUT2D eigenvalue weighted by Crippen LogP contribution is 2.20. The SMILES string of the molecule is CC[C@H](C)c1ccc(S(=O)(=O)NCCNS(=O)(=O)CC)cc1. The van der Waals surface area contributed by atoms with Crippen LogP contribution in [-0.2, 0) is 20.0 Å². The number of rotatable bonds is 9. The average molecular weight is 348 g/mol. The molecule has 0 bridgehead atoms. The normalized spacial score (nSPS) is 14.0. The van der Waals surface area contributed by atoms with Gasteiger partial charge in [-0.2, -0.15) is 0 Å². The van der Waals surface area contributed by atoms with Gasteiger partial charge < -0.3 is 0 Å². The fourth-order valence-corrected chi connectivity index (χ4v) is 3.44. The maximum absolute atomic E-state index is 12.1. The summed E-state index contributed by atoms with van der Waals surface area (Å²) in [5.41, 5.74) is 1.09. The summed E-state index contributed by atoms with van der Waals surface area (Å²) >= 11 is 0. The van der Waals surface area contributed by atoms with E-state index < -0.39 is 20.0 Å². The summed E-state index contributed by atoms with van der Waals surface area (Å²) in [7, 11) is -6.92. The van der Waals surface area contributed by atoms with Gasteiger partial charge in [-0.25, -0.2) is 26.3 Å². The average Bonchev–Trinajstić information content (AvgIpc) is 2.51. The quantitative estimate of drug-likeness (QED) is 0.660. The summed E-state index contributed by atoms with van der Waals surface area (Å²) in [4.78, 5) is 0.179. The van der Waals surface area contributed by atoms with Crippen LogP contribution in [0.2, 0.25) is 0 Å². The van der Waals surface area contributed by atoms with E-state index in [0.29, 0.717) is 5.92 Å². The third kappa shape index (κ3) is 5.68. The molecule has 1 aromatic rings. The summed E-state index contributed by atoms with van der Waals surface area (Å²) in [5, 5.41) is 0. The summed E-state index contributed by atoms with van der Waals surface area (Å²) in [5.74, 6) is 0.352. The first-order valence-corrected chi connectivity index (χ1v) is 10.4. The Morgan fingerprint density at radius 3 is 2.00 bits per heavy atom. The van der Waals surface area contributed by atoms with Gasteiger partial charge >= 0.3 is 0 Å². The van der Waals surface area contributed by atoms with E-state index in [2.05, 4.69) is 23.3 Å². The van der Waals surface area contributed by atoms with Gasteiger partial charge in [0.25, 0.3) is 0 Å². The number of sulfonamides is 2. The second-order valence-electron chi connectivity index (χ2n) is 5.07. The number of hydrogen-bond acceptors (Lipinski definition) is 4. The molecule has 0 aliphatic carbocycles. The predicted molar refractivity (Wildman–Crippen MR) is 87.8 cm³/mol. The minimum absolute atomic E-state index is 0.00861. The Morgan fingerprint density at radius 1 is 0.955 bits per heavy atom. The van der Waals surface area contributed by atoms with Crippen LogP contribution in [0, 0.1) is 0 Å². The van der Waals surface area contributed by atoms with Gasteiger partial charge in [0.05, 0.1) is 10.6 Å². The largest absolute Gasteiger partial charge is 0.240 e.